The van der Waals surface area contributed by atoms with E-state index >= 15 is 0 Å². The highest BCUT2D eigenvalue weighted by Gasteiger charge is 2.32. The summed E-state index contributed by atoms with van der Waals surface area (Å²) in [5, 5.41) is 3.88. The molecule has 2 amide bonds. The standard InChI is InChI=1S/C21H22N4O2S/c1-14-19(28-15(2)23-14)20(26)22-11-17-13-24-10-6-9-18(24)21(27)25(17)12-16-7-4-3-5-8-16/h3-10,17H,11-13H2,1-2H3,(H,22,26). The molecule has 0 saturated heterocycles. The molecule has 1 aliphatic rings. The van der Waals surface area contributed by atoms with Crippen LogP contribution in [0.2, 0.25) is 0 Å². The molecule has 0 radical (unpaired) electrons. The number of aryl methyl sites for hydroxylation is 2. The van der Waals surface area contributed by atoms with E-state index < -0.39 is 0 Å². The average Bonchev–Trinajstić information content (AvgIpc) is 3.29. The van der Waals surface area contributed by atoms with Crippen molar-refractivity contribution in [3.8, 4) is 0 Å². The fraction of sp³-hybridized carbons (Fsp3) is 0.286. The SMILES string of the molecule is Cc1nc(C)c(C(=O)NCC2Cn3cccc3C(=O)N2Cc2ccccc2)s1. The Labute approximate surface area is 167 Å². The monoisotopic (exact) mass is 394 g/mol. The Morgan fingerprint density at radius 1 is 1.21 bits per heavy atom. The number of thiazole rings is 1. The van der Waals surface area contributed by atoms with Gasteiger partial charge in [-0.3, -0.25) is 9.59 Å². The number of nitrogens with one attached hydrogen (secondary N) is 1. The smallest absolute Gasteiger partial charge is 0.271 e. The fourth-order valence-electron chi connectivity index (χ4n) is 3.59. The Morgan fingerprint density at radius 3 is 2.71 bits per heavy atom. The number of fused-ring (bicyclic) bond motifs is 1. The highest BCUT2D eigenvalue weighted by molar-refractivity contribution is 7.13. The van der Waals surface area contributed by atoms with Gasteiger partial charge in [-0.2, -0.15) is 0 Å². The molecule has 144 valence electrons. The quantitative estimate of drug-likeness (QED) is 0.723. The fourth-order valence-corrected chi connectivity index (χ4v) is 4.43. The highest BCUT2D eigenvalue weighted by Crippen LogP contribution is 2.21. The van der Waals surface area contributed by atoms with Gasteiger partial charge >= 0.3 is 0 Å². The van der Waals surface area contributed by atoms with E-state index in [4.69, 9.17) is 0 Å². The molecule has 1 aromatic carbocycles. The molecule has 2 aromatic heterocycles. The number of aromatic nitrogens is 2. The van der Waals surface area contributed by atoms with Crippen LogP contribution in [0.5, 0.6) is 0 Å². The van der Waals surface area contributed by atoms with Gasteiger partial charge in [0.15, 0.2) is 0 Å². The molecule has 0 spiro atoms. The van der Waals surface area contributed by atoms with Crippen molar-refractivity contribution in [3.05, 3.63) is 75.5 Å². The van der Waals surface area contributed by atoms with Gasteiger partial charge in [0.25, 0.3) is 11.8 Å². The van der Waals surface area contributed by atoms with Crippen LogP contribution in [0.25, 0.3) is 0 Å². The van der Waals surface area contributed by atoms with Crippen LogP contribution in [0, 0.1) is 13.8 Å². The van der Waals surface area contributed by atoms with E-state index in [1.165, 1.54) is 11.3 Å². The van der Waals surface area contributed by atoms with Gasteiger partial charge < -0.3 is 14.8 Å². The van der Waals surface area contributed by atoms with Gasteiger partial charge in [0.05, 0.1) is 16.7 Å². The molecule has 0 bridgehead atoms. The third kappa shape index (κ3) is 3.57. The van der Waals surface area contributed by atoms with E-state index in [1.54, 1.807) is 0 Å². The molecular formula is C21H22N4O2S. The number of carbonyl (C=O) groups is 2. The highest BCUT2D eigenvalue weighted by atomic mass is 32.1. The lowest BCUT2D eigenvalue weighted by Gasteiger charge is -2.37. The van der Waals surface area contributed by atoms with Gasteiger partial charge in [-0.1, -0.05) is 30.3 Å². The van der Waals surface area contributed by atoms with Crippen LogP contribution in [-0.2, 0) is 13.1 Å². The molecule has 0 aliphatic carbocycles. The third-order valence-corrected chi connectivity index (χ3v) is 6.03. The number of hydrogen-bond acceptors (Lipinski definition) is 4. The lowest BCUT2D eigenvalue weighted by molar-refractivity contribution is 0.0563. The second kappa shape index (κ2) is 7.59. The normalized spacial score (nSPS) is 16.1. The van der Waals surface area contributed by atoms with Crippen molar-refractivity contribution in [2.45, 2.75) is 33.0 Å². The van der Waals surface area contributed by atoms with Crippen LogP contribution < -0.4 is 5.32 Å². The number of amides is 2. The molecule has 1 aliphatic heterocycles. The Morgan fingerprint density at radius 2 is 2.00 bits per heavy atom. The molecule has 28 heavy (non-hydrogen) atoms. The van der Waals surface area contributed by atoms with Gasteiger partial charge in [0.2, 0.25) is 0 Å². The van der Waals surface area contributed by atoms with E-state index in [2.05, 4.69) is 10.3 Å². The summed E-state index contributed by atoms with van der Waals surface area (Å²) >= 11 is 1.39. The minimum absolute atomic E-state index is 0.0100. The summed E-state index contributed by atoms with van der Waals surface area (Å²) in [5.74, 6) is -0.141. The number of hydrogen-bond donors (Lipinski definition) is 1. The van der Waals surface area contributed by atoms with Gasteiger partial charge in [-0.15, -0.1) is 11.3 Å². The summed E-state index contributed by atoms with van der Waals surface area (Å²) in [5.41, 5.74) is 2.50. The summed E-state index contributed by atoms with van der Waals surface area (Å²) in [6, 6.07) is 13.5. The van der Waals surface area contributed by atoms with Crippen LogP contribution in [0.15, 0.2) is 48.7 Å². The zero-order valence-electron chi connectivity index (χ0n) is 15.9. The summed E-state index contributed by atoms with van der Waals surface area (Å²) < 4.78 is 1.96. The first-order chi connectivity index (χ1) is 13.5. The second-order valence-corrected chi connectivity index (χ2v) is 8.18. The molecule has 7 heteroatoms. The van der Waals surface area contributed by atoms with Gasteiger partial charge in [-0.05, 0) is 31.5 Å². The molecule has 3 heterocycles. The first kappa shape index (κ1) is 18.4. The Balaban J connectivity index is 1.53. The summed E-state index contributed by atoms with van der Waals surface area (Å²) in [4.78, 5) is 32.5. The number of benzene rings is 1. The maximum atomic E-state index is 13.0. The van der Waals surface area contributed by atoms with Crippen molar-refractivity contribution >= 4 is 23.2 Å². The second-order valence-electron chi connectivity index (χ2n) is 6.98. The van der Waals surface area contributed by atoms with E-state index in [9.17, 15) is 9.59 Å². The zero-order chi connectivity index (χ0) is 19.7. The summed E-state index contributed by atoms with van der Waals surface area (Å²) in [6.07, 6.45) is 1.92. The van der Waals surface area contributed by atoms with Crippen LogP contribution in [0.4, 0.5) is 0 Å². The lowest BCUT2D eigenvalue weighted by Crippen LogP contribution is -2.52. The summed E-state index contributed by atoms with van der Waals surface area (Å²) in [6.45, 7) is 5.30. The largest absolute Gasteiger partial charge is 0.349 e. The topological polar surface area (TPSA) is 67.2 Å². The van der Waals surface area contributed by atoms with Gasteiger partial charge in [0, 0.05) is 25.8 Å². The number of nitrogens with zero attached hydrogens (tertiary/aromatic N) is 3. The van der Waals surface area contributed by atoms with Crippen molar-refractivity contribution in [2.75, 3.05) is 6.54 Å². The van der Waals surface area contributed by atoms with Crippen LogP contribution in [0.1, 0.15) is 36.4 Å². The molecule has 1 atom stereocenters. The summed E-state index contributed by atoms with van der Waals surface area (Å²) in [7, 11) is 0. The Hall–Kier alpha value is -2.93. The number of rotatable bonds is 5. The average molecular weight is 395 g/mol. The zero-order valence-corrected chi connectivity index (χ0v) is 16.7. The molecule has 3 aromatic rings. The molecule has 6 nitrogen and oxygen atoms in total. The number of carbonyl (C=O) groups excluding carboxylic acids is 2. The predicted molar refractivity (Wildman–Crippen MR) is 108 cm³/mol. The molecule has 0 saturated carbocycles. The third-order valence-electron chi connectivity index (χ3n) is 4.96. The van der Waals surface area contributed by atoms with Crippen LogP contribution in [0.3, 0.4) is 0 Å². The Bertz CT molecular complexity index is 1010. The van der Waals surface area contributed by atoms with Gasteiger partial charge in [-0.25, -0.2) is 4.98 Å². The van der Waals surface area contributed by atoms with Crippen LogP contribution >= 0.6 is 11.3 Å². The van der Waals surface area contributed by atoms with Crippen molar-refractivity contribution in [1.29, 1.82) is 0 Å². The lowest BCUT2D eigenvalue weighted by atomic mass is 10.1. The molecule has 1 unspecified atom stereocenters. The van der Waals surface area contributed by atoms with E-state index in [-0.39, 0.29) is 17.9 Å². The molecule has 1 N–H and O–H groups in total. The maximum absolute atomic E-state index is 13.0. The molecule has 4 rings (SSSR count). The van der Waals surface area contributed by atoms with Crippen molar-refractivity contribution < 1.29 is 9.59 Å². The van der Waals surface area contributed by atoms with Crippen molar-refractivity contribution in [1.82, 2.24) is 19.8 Å². The minimum atomic E-state index is -0.131. The Kier molecular flexibility index (Phi) is 5.00. The van der Waals surface area contributed by atoms with E-state index in [0.29, 0.717) is 30.2 Å². The van der Waals surface area contributed by atoms with Gasteiger partial charge in [0.1, 0.15) is 10.6 Å². The van der Waals surface area contributed by atoms with Crippen LogP contribution in [-0.4, -0.2) is 38.9 Å². The van der Waals surface area contributed by atoms with E-state index in [1.807, 2.05) is 72.0 Å². The van der Waals surface area contributed by atoms with Crippen molar-refractivity contribution in [2.24, 2.45) is 0 Å². The minimum Gasteiger partial charge on any atom is -0.349 e. The molecular weight excluding hydrogens is 372 g/mol. The van der Waals surface area contributed by atoms with E-state index in [0.717, 1.165) is 16.3 Å². The predicted octanol–water partition coefficient (Wildman–Crippen LogP) is 3.02. The van der Waals surface area contributed by atoms with Crippen molar-refractivity contribution in [3.63, 3.8) is 0 Å². The first-order valence-electron chi connectivity index (χ1n) is 9.25. The molecule has 0 fully saturated rings. The first-order valence-corrected chi connectivity index (χ1v) is 10.1. The maximum Gasteiger partial charge on any atom is 0.271 e.